The van der Waals surface area contributed by atoms with Gasteiger partial charge in [0, 0.05) is 36.6 Å². The number of hydrogen-bond donors (Lipinski definition) is 1. The molecule has 160 valence electrons. The first-order valence-electron chi connectivity index (χ1n) is 10.7. The number of nitrogens with zero attached hydrogens (tertiary/aromatic N) is 2. The summed E-state index contributed by atoms with van der Waals surface area (Å²) in [5.41, 5.74) is 3.95. The predicted molar refractivity (Wildman–Crippen MR) is 111 cm³/mol. The van der Waals surface area contributed by atoms with Gasteiger partial charge in [-0.1, -0.05) is 17.3 Å². The molecule has 1 aliphatic heterocycles. The van der Waals surface area contributed by atoms with Crippen molar-refractivity contribution in [3.8, 4) is 5.75 Å². The van der Waals surface area contributed by atoms with Crippen molar-refractivity contribution in [1.29, 1.82) is 0 Å². The Labute approximate surface area is 176 Å². The monoisotopic (exact) mass is 411 g/mol. The Bertz CT molecular complexity index is 913. The molecule has 0 unspecified atom stereocenters. The molecule has 0 spiro atoms. The van der Waals surface area contributed by atoms with Crippen molar-refractivity contribution >= 4 is 11.8 Å². The third kappa shape index (κ3) is 5.01. The summed E-state index contributed by atoms with van der Waals surface area (Å²) in [6, 6.07) is 6.43. The number of benzene rings is 1. The number of rotatable bonds is 7. The van der Waals surface area contributed by atoms with Crippen LogP contribution in [0.25, 0.3) is 0 Å². The number of hydrogen-bond acceptors (Lipinski definition) is 5. The summed E-state index contributed by atoms with van der Waals surface area (Å²) in [5.74, 6) is 1.81. The van der Waals surface area contributed by atoms with Crippen molar-refractivity contribution in [3.05, 3.63) is 46.3 Å². The maximum absolute atomic E-state index is 12.9. The van der Waals surface area contributed by atoms with Gasteiger partial charge in [0.15, 0.2) is 0 Å². The van der Waals surface area contributed by atoms with Crippen LogP contribution in [0.3, 0.4) is 0 Å². The molecule has 1 saturated carbocycles. The molecule has 2 aliphatic rings. The zero-order chi connectivity index (χ0) is 21.1. The van der Waals surface area contributed by atoms with Gasteiger partial charge in [0.25, 0.3) is 0 Å². The summed E-state index contributed by atoms with van der Waals surface area (Å²) in [5, 5.41) is 6.99. The van der Waals surface area contributed by atoms with Gasteiger partial charge in [-0.3, -0.25) is 9.59 Å². The molecule has 1 N–H and O–H groups in total. The van der Waals surface area contributed by atoms with Gasteiger partial charge >= 0.3 is 0 Å². The average molecular weight is 412 g/mol. The third-order valence-electron chi connectivity index (χ3n) is 5.81. The van der Waals surface area contributed by atoms with E-state index in [1.54, 1.807) is 0 Å². The zero-order valence-electron chi connectivity index (χ0n) is 17.7. The van der Waals surface area contributed by atoms with E-state index in [4.69, 9.17) is 9.26 Å². The molecule has 7 heteroatoms. The number of amides is 2. The molecule has 0 bridgehead atoms. The molecule has 7 nitrogen and oxygen atoms in total. The Hall–Kier alpha value is -2.83. The number of nitrogens with one attached hydrogen (secondary N) is 1. The van der Waals surface area contributed by atoms with E-state index in [0.717, 1.165) is 46.7 Å². The molecule has 30 heavy (non-hydrogen) atoms. The van der Waals surface area contributed by atoms with Gasteiger partial charge in [-0.25, -0.2) is 0 Å². The van der Waals surface area contributed by atoms with Crippen molar-refractivity contribution in [3.63, 3.8) is 0 Å². The number of fused-ring (bicyclic) bond motifs is 1. The number of aromatic nitrogens is 1. The molecule has 1 aromatic carbocycles. The van der Waals surface area contributed by atoms with Crippen molar-refractivity contribution in [2.75, 3.05) is 13.2 Å². The molecule has 2 amide bonds. The SMILES string of the molecule is Cc1noc(C)c1CCC(=O)N1CCOc2ccc(CCC(=O)NC3CC3)cc2C1. The molecular weight excluding hydrogens is 382 g/mol. The highest BCUT2D eigenvalue weighted by molar-refractivity contribution is 5.77. The van der Waals surface area contributed by atoms with Crippen molar-refractivity contribution in [2.45, 2.75) is 65.0 Å². The van der Waals surface area contributed by atoms with Crippen molar-refractivity contribution in [2.24, 2.45) is 0 Å². The predicted octanol–water partition coefficient (Wildman–Crippen LogP) is 2.86. The van der Waals surface area contributed by atoms with Crippen LogP contribution in [0, 0.1) is 13.8 Å². The standard InChI is InChI=1S/C23H29N3O4/c1-15-20(16(2)30-25-15)7-10-23(28)26-11-12-29-21-8-3-17(13-18(21)14-26)4-9-22(27)24-19-5-6-19/h3,8,13,19H,4-7,9-12,14H2,1-2H3,(H,24,27). The maximum Gasteiger partial charge on any atom is 0.223 e. The Morgan fingerprint density at radius 2 is 2.03 bits per heavy atom. The first-order valence-corrected chi connectivity index (χ1v) is 10.7. The molecule has 2 heterocycles. The minimum absolute atomic E-state index is 0.0978. The molecular formula is C23H29N3O4. The van der Waals surface area contributed by atoms with Gasteiger partial charge in [0.1, 0.15) is 18.1 Å². The van der Waals surface area contributed by atoms with E-state index in [-0.39, 0.29) is 11.8 Å². The van der Waals surface area contributed by atoms with Gasteiger partial charge < -0.3 is 19.5 Å². The van der Waals surface area contributed by atoms with Crippen LogP contribution in [0.15, 0.2) is 22.7 Å². The number of ether oxygens (including phenoxy) is 1. The summed E-state index contributed by atoms with van der Waals surface area (Å²) in [7, 11) is 0. The topological polar surface area (TPSA) is 84.7 Å². The van der Waals surface area contributed by atoms with Gasteiger partial charge in [0.05, 0.1) is 12.2 Å². The lowest BCUT2D eigenvalue weighted by Crippen LogP contribution is -2.32. The van der Waals surface area contributed by atoms with E-state index in [2.05, 4.69) is 16.5 Å². The normalized spacial score (nSPS) is 15.9. The Morgan fingerprint density at radius 1 is 1.20 bits per heavy atom. The van der Waals surface area contributed by atoms with Crippen LogP contribution in [-0.4, -0.2) is 41.1 Å². The number of aryl methyl sites for hydroxylation is 3. The Balaban J connectivity index is 1.36. The van der Waals surface area contributed by atoms with E-state index >= 15 is 0 Å². The van der Waals surface area contributed by atoms with Crippen LogP contribution in [0.5, 0.6) is 5.75 Å². The largest absolute Gasteiger partial charge is 0.491 e. The third-order valence-corrected chi connectivity index (χ3v) is 5.81. The molecule has 1 aliphatic carbocycles. The maximum atomic E-state index is 12.9. The second-order valence-electron chi connectivity index (χ2n) is 8.25. The van der Waals surface area contributed by atoms with Crippen LogP contribution in [-0.2, 0) is 29.0 Å². The second kappa shape index (κ2) is 8.90. The lowest BCUT2D eigenvalue weighted by atomic mass is 10.0. The van der Waals surface area contributed by atoms with E-state index in [0.29, 0.717) is 51.4 Å². The van der Waals surface area contributed by atoms with Crippen LogP contribution >= 0.6 is 0 Å². The van der Waals surface area contributed by atoms with Crippen molar-refractivity contribution < 1.29 is 18.8 Å². The van der Waals surface area contributed by atoms with Gasteiger partial charge in [-0.2, -0.15) is 0 Å². The van der Waals surface area contributed by atoms with Crippen LogP contribution in [0.1, 0.15) is 53.8 Å². The van der Waals surface area contributed by atoms with Crippen LogP contribution < -0.4 is 10.1 Å². The summed E-state index contributed by atoms with van der Waals surface area (Å²) < 4.78 is 11.1. The molecule has 2 aromatic rings. The average Bonchev–Trinajstić information content (AvgIpc) is 3.51. The fourth-order valence-corrected chi connectivity index (χ4v) is 3.85. The van der Waals surface area contributed by atoms with E-state index in [1.807, 2.05) is 30.9 Å². The summed E-state index contributed by atoms with van der Waals surface area (Å²) >= 11 is 0. The lowest BCUT2D eigenvalue weighted by Gasteiger charge is -2.20. The summed E-state index contributed by atoms with van der Waals surface area (Å²) in [6.07, 6.45) is 4.41. The van der Waals surface area contributed by atoms with Crippen LogP contribution in [0.2, 0.25) is 0 Å². The number of carbonyl (C=O) groups excluding carboxylic acids is 2. The van der Waals surface area contributed by atoms with Gasteiger partial charge in [-0.15, -0.1) is 0 Å². The molecule has 0 atom stereocenters. The smallest absolute Gasteiger partial charge is 0.223 e. The first kappa shape index (κ1) is 20.4. The lowest BCUT2D eigenvalue weighted by molar-refractivity contribution is -0.131. The molecule has 1 fully saturated rings. The van der Waals surface area contributed by atoms with Crippen LogP contribution in [0.4, 0.5) is 0 Å². The molecule has 4 rings (SSSR count). The summed E-state index contributed by atoms with van der Waals surface area (Å²) in [6.45, 7) is 5.35. The van der Waals surface area contributed by atoms with E-state index < -0.39 is 0 Å². The molecule has 0 radical (unpaired) electrons. The Morgan fingerprint density at radius 3 is 2.77 bits per heavy atom. The van der Waals surface area contributed by atoms with E-state index in [1.165, 1.54) is 0 Å². The molecule has 0 saturated heterocycles. The highest BCUT2D eigenvalue weighted by atomic mass is 16.5. The highest BCUT2D eigenvalue weighted by Gasteiger charge is 2.23. The Kier molecular flexibility index (Phi) is 6.06. The molecule has 1 aromatic heterocycles. The minimum atomic E-state index is 0.0978. The first-order chi connectivity index (χ1) is 14.5. The quantitative estimate of drug-likeness (QED) is 0.757. The van der Waals surface area contributed by atoms with Gasteiger partial charge in [0.2, 0.25) is 11.8 Å². The second-order valence-corrected chi connectivity index (χ2v) is 8.25. The van der Waals surface area contributed by atoms with E-state index in [9.17, 15) is 9.59 Å². The minimum Gasteiger partial charge on any atom is -0.491 e. The van der Waals surface area contributed by atoms with Gasteiger partial charge in [-0.05, 0) is 51.2 Å². The fraction of sp³-hybridized carbons (Fsp3) is 0.522. The fourth-order valence-electron chi connectivity index (χ4n) is 3.85. The highest BCUT2D eigenvalue weighted by Crippen LogP contribution is 2.26. The summed E-state index contributed by atoms with van der Waals surface area (Å²) in [4.78, 5) is 26.7. The zero-order valence-corrected chi connectivity index (χ0v) is 17.7. The van der Waals surface area contributed by atoms with Crippen molar-refractivity contribution in [1.82, 2.24) is 15.4 Å². The number of carbonyl (C=O) groups is 2.